The fourth-order valence-corrected chi connectivity index (χ4v) is 4.34. The van der Waals surface area contributed by atoms with Crippen molar-refractivity contribution < 1.29 is 18.3 Å². The summed E-state index contributed by atoms with van der Waals surface area (Å²) in [7, 11) is 3.71. The van der Waals surface area contributed by atoms with E-state index in [1.807, 2.05) is 11.9 Å². The number of thiophene rings is 1. The predicted octanol–water partition coefficient (Wildman–Crippen LogP) is 4.05. The Bertz CT molecular complexity index is 787. The van der Waals surface area contributed by atoms with Gasteiger partial charge in [0.05, 0.1) is 19.3 Å². The summed E-state index contributed by atoms with van der Waals surface area (Å²) in [5, 5.41) is 5.59. The van der Waals surface area contributed by atoms with Crippen molar-refractivity contribution in [3.8, 4) is 5.75 Å². The molecule has 1 aromatic carbocycles. The number of hydrogen-bond donors (Lipinski definition) is 1. The Morgan fingerprint density at radius 3 is 2.55 bits per heavy atom. The molecule has 2 aromatic rings. The van der Waals surface area contributed by atoms with Gasteiger partial charge in [-0.15, -0.1) is 35.3 Å². The van der Waals surface area contributed by atoms with Crippen LogP contribution in [0.4, 0.5) is 8.78 Å². The van der Waals surface area contributed by atoms with Gasteiger partial charge in [-0.2, -0.15) is 8.78 Å². The number of morpholine rings is 1. The van der Waals surface area contributed by atoms with E-state index < -0.39 is 6.61 Å². The van der Waals surface area contributed by atoms with Crippen LogP contribution < -0.4 is 10.1 Å². The van der Waals surface area contributed by atoms with E-state index in [4.69, 9.17) is 4.74 Å². The van der Waals surface area contributed by atoms with Crippen molar-refractivity contribution in [2.75, 3.05) is 46.9 Å². The third-order valence-electron chi connectivity index (χ3n) is 4.95. The number of ether oxygens (including phenoxy) is 2. The minimum absolute atomic E-state index is 0. The Morgan fingerprint density at radius 2 is 1.97 bits per heavy atom. The van der Waals surface area contributed by atoms with Gasteiger partial charge in [0, 0.05) is 45.2 Å². The summed E-state index contributed by atoms with van der Waals surface area (Å²) in [5.74, 6) is 0.931. The maximum atomic E-state index is 12.3. The number of aliphatic imine (C=N–C) groups is 1. The Hall–Kier alpha value is -1.50. The number of nitrogens with zero attached hydrogens (tertiary/aromatic N) is 3. The number of hydrogen-bond acceptors (Lipinski definition) is 5. The van der Waals surface area contributed by atoms with Crippen LogP contribution in [0.2, 0.25) is 0 Å². The van der Waals surface area contributed by atoms with Crippen LogP contribution in [0.5, 0.6) is 5.75 Å². The van der Waals surface area contributed by atoms with Crippen molar-refractivity contribution >= 4 is 41.3 Å². The second-order valence-corrected chi connectivity index (χ2v) is 7.97. The highest BCUT2D eigenvalue weighted by atomic mass is 127. The summed E-state index contributed by atoms with van der Waals surface area (Å²) in [6, 6.07) is 11.2. The predicted molar refractivity (Wildman–Crippen MR) is 131 cm³/mol. The summed E-state index contributed by atoms with van der Waals surface area (Å²) in [6.07, 6.45) is 0. The highest BCUT2D eigenvalue weighted by Gasteiger charge is 2.24. The molecule has 1 N–H and O–H groups in total. The highest BCUT2D eigenvalue weighted by Crippen LogP contribution is 2.25. The minimum atomic E-state index is -2.82. The van der Waals surface area contributed by atoms with Crippen molar-refractivity contribution in [1.29, 1.82) is 0 Å². The van der Waals surface area contributed by atoms with E-state index in [-0.39, 0.29) is 35.8 Å². The first-order valence-corrected chi connectivity index (χ1v) is 10.8. The summed E-state index contributed by atoms with van der Waals surface area (Å²) in [6.45, 7) is 1.83. The normalized spacial score (nSPS) is 16.0. The van der Waals surface area contributed by atoms with Crippen LogP contribution in [0.1, 0.15) is 16.5 Å². The van der Waals surface area contributed by atoms with Gasteiger partial charge in [-0.1, -0.05) is 18.2 Å². The van der Waals surface area contributed by atoms with Crippen molar-refractivity contribution in [3.05, 3.63) is 52.2 Å². The van der Waals surface area contributed by atoms with Crippen LogP contribution in [0, 0.1) is 0 Å². The second-order valence-electron chi connectivity index (χ2n) is 6.99. The second kappa shape index (κ2) is 13.1. The van der Waals surface area contributed by atoms with Crippen LogP contribution >= 0.6 is 35.3 Å². The fourth-order valence-electron chi connectivity index (χ4n) is 3.48. The molecule has 6 nitrogen and oxygen atoms in total. The van der Waals surface area contributed by atoms with Crippen LogP contribution in [-0.2, 0) is 11.3 Å². The number of halogens is 3. The molecule has 1 fully saturated rings. The van der Waals surface area contributed by atoms with E-state index >= 15 is 0 Å². The van der Waals surface area contributed by atoms with Gasteiger partial charge in [-0.05, 0) is 29.1 Å². The Morgan fingerprint density at radius 1 is 1.26 bits per heavy atom. The summed E-state index contributed by atoms with van der Waals surface area (Å²) in [5.41, 5.74) is 0.977. The Kier molecular flexibility index (Phi) is 10.9. The fraction of sp³-hybridized carbons (Fsp3) is 0.476. The van der Waals surface area contributed by atoms with Crippen molar-refractivity contribution in [2.45, 2.75) is 19.2 Å². The lowest BCUT2D eigenvalue weighted by atomic mass is 10.2. The first kappa shape index (κ1) is 25.8. The summed E-state index contributed by atoms with van der Waals surface area (Å²) in [4.78, 5) is 10.2. The molecule has 1 atom stereocenters. The minimum Gasteiger partial charge on any atom is -0.435 e. The lowest BCUT2D eigenvalue weighted by molar-refractivity contribution is -0.0498. The SMILES string of the molecule is CN=C(NCC(c1cccs1)N1CCOCC1)N(C)Cc1ccc(OC(F)F)cc1.I. The Balaban J connectivity index is 0.00000341. The highest BCUT2D eigenvalue weighted by molar-refractivity contribution is 14.0. The number of alkyl halides is 2. The molecule has 0 radical (unpaired) electrons. The van der Waals surface area contributed by atoms with Crippen LogP contribution in [-0.4, -0.2) is 69.3 Å². The first-order valence-electron chi connectivity index (χ1n) is 9.87. The van der Waals surface area contributed by atoms with Gasteiger partial charge in [0.15, 0.2) is 5.96 Å². The first-order chi connectivity index (χ1) is 14.6. The quantitative estimate of drug-likeness (QED) is 0.297. The van der Waals surface area contributed by atoms with Gasteiger partial charge in [0.2, 0.25) is 0 Å². The van der Waals surface area contributed by atoms with Crippen molar-refractivity contribution in [1.82, 2.24) is 15.1 Å². The number of benzene rings is 1. The Labute approximate surface area is 203 Å². The lowest BCUT2D eigenvalue weighted by Gasteiger charge is -2.35. The largest absolute Gasteiger partial charge is 0.435 e. The van der Waals surface area contributed by atoms with E-state index in [9.17, 15) is 8.78 Å². The molecule has 2 heterocycles. The molecule has 10 heteroatoms. The molecule has 1 aromatic heterocycles. The monoisotopic (exact) mass is 566 g/mol. The molecule has 0 amide bonds. The molecule has 3 rings (SSSR count). The van der Waals surface area contributed by atoms with Crippen molar-refractivity contribution in [2.24, 2.45) is 4.99 Å². The number of nitrogens with one attached hydrogen (secondary N) is 1. The van der Waals surface area contributed by atoms with E-state index in [2.05, 4.69) is 37.5 Å². The average Bonchev–Trinajstić information content (AvgIpc) is 3.27. The molecule has 1 saturated heterocycles. The van der Waals surface area contributed by atoms with Gasteiger partial charge in [-0.25, -0.2) is 0 Å². The van der Waals surface area contributed by atoms with Crippen LogP contribution in [0.3, 0.4) is 0 Å². The van der Waals surface area contributed by atoms with Crippen molar-refractivity contribution in [3.63, 3.8) is 0 Å². The van der Waals surface area contributed by atoms with E-state index in [1.165, 1.54) is 4.88 Å². The van der Waals surface area contributed by atoms with Gasteiger partial charge in [0.1, 0.15) is 5.75 Å². The zero-order valence-corrected chi connectivity index (χ0v) is 20.8. The molecule has 31 heavy (non-hydrogen) atoms. The van der Waals surface area contributed by atoms with Gasteiger partial charge >= 0.3 is 6.61 Å². The standard InChI is InChI=1S/C21H28F2N4O2S.HI/c1-24-21(26(2)15-16-5-7-17(8-6-16)29-20(22)23)25-14-18(19-4-3-13-30-19)27-9-11-28-12-10-27;/h3-8,13,18,20H,9-12,14-15H2,1-2H3,(H,24,25);1H. The third-order valence-corrected chi connectivity index (χ3v) is 5.93. The van der Waals surface area contributed by atoms with Crippen LogP contribution in [0.15, 0.2) is 46.8 Å². The number of rotatable bonds is 8. The average molecular weight is 566 g/mol. The van der Waals surface area contributed by atoms with E-state index in [1.54, 1.807) is 42.6 Å². The molecule has 1 aliphatic rings. The molecule has 172 valence electrons. The molecule has 1 unspecified atom stereocenters. The smallest absolute Gasteiger partial charge is 0.387 e. The molecular formula is C21H29F2IN4O2S. The zero-order valence-electron chi connectivity index (χ0n) is 17.7. The molecular weight excluding hydrogens is 537 g/mol. The topological polar surface area (TPSA) is 49.3 Å². The van der Waals surface area contributed by atoms with Gasteiger partial charge < -0.3 is 19.7 Å². The van der Waals surface area contributed by atoms with Gasteiger partial charge in [-0.3, -0.25) is 9.89 Å². The molecule has 0 bridgehead atoms. The molecule has 0 saturated carbocycles. The third kappa shape index (κ3) is 7.85. The maximum Gasteiger partial charge on any atom is 0.387 e. The lowest BCUT2D eigenvalue weighted by Crippen LogP contribution is -2.46. The van der Waals surface area contributed by atoms with Crippen LogP contribution in [0.25, 0.3) is 0 Å². The van der Waals surface area contributed by atoms with E-state index in [0.29, 0.717) is 6.54 Å². The summed E-state index contributed by atoms with van der Waals surface area (Å²) >= 11 is 1.76. The van der Waals surface area contributed by atoms with Gasteiger partial charge in [0.25, 0.3) is 0 Å². The molecule has 1 aliphatic heterocycles. The zero-order chi connectivity index (χ0) is 21.3. The molecule has 0 spiro atoms. The van der Waals surface area contributed by atoms with E-state index in [0.717, 1.165) is 44.4 Å². The summed E-state index contributed by atoms with van der Waals surface area (Å²) < 4.78 is 34.5. The molecule has 0 aliphatic carbocycles. The number of guanidine groups is 1. The maximum absolute atomic E-state index is 12.3.